The van der Waals surface area contributed by atoms with E-state index >= 15 is 0 Å². The predicted octanol–water partition coefficient (Wildman–Crippen LogP) is 4.90. The summed E-state index contributed by atoms with van der Waals surface area (Å²) in [4.78, 5) is 9.22. The fourth-order valence-electron chi connectivity index (χ4n) is 4.04. The Bertz CT molecular complexity index is 1530. The van der Waals surface area contributed by atoms with Gasteiger partial charge in [-0.1, -0.05) is 38.7 Å². The second-order valence-electron chi connectivity index (χ2n) is 10.2. The van der Waals surface area contributed by atoms with Gasteiger partial charge in [0, 0.05) is 38.0 Å². The van der Waals surface area contributed by atoms with Crippen molar-refractivity contribution in [3.63, 3.8) is 0 Å². The van der Waals surface area contributed by atoms with Gasteiger partial charge in [-0.3, -0.25) is 4.68 Å². The van der Waals surface area contributed by atoms with E-state index in [4.69, 9.17) is 4.74 Å². The zero-order valence-electron chi connectivity index (χ0n) is 21.6. The van der Waals surface area contributed by atoms with Gasteiger partial charge < -0.3 is 9.30 Å². The van der Waals surface area contributed by atoms with Crippen LogP contribution in [0.2, 0.25) is 25.7 Å². The quantitative estimate of drug-likeness (QED) is 0.198. The molecule has 1 atom stereocenters. The molecule has 0 bridgehead atoms. The summed E-state index contributed by atoms with van der Waals surface area (Å²) in [5.41, 5.74) is 3.00. The third-order valence-corrected chi connectivity index (χ3v) is 9.68. The zero-order chi connectivity index (χ0) is 26.6. The molecule has 3 aromatic heterocycles. The molecule has 3 heterocycles. The number of hydrogen-bond acceptors (Lipinski definition) is 7. The van der Waals surface area contributed by atoms with E-state index < -0.39 is 24.0 Å². The summed E-state index contributed by atoms with van der Waals surface area (Å²) in [7, 11) is -4.52. The van der Waals surface area contributed by atoms with Crippen LogP contribution < -0.4 is 0 Å². The largest absolute Gasteiger partial charge is 0.361 e. The molecule has 0 spiro atoms. The number of benzene rings is 1. The molecule has 0 aliphatic rings. The van der Waals surface area contributed by atoms with E-state index in [0.29, 0.717) is 12.3 Å². The number of sulfone groups is 1. The van der Waals surface area contributed by atoms with Crippen molar-refractivity contribution >= 4 is 28.9 Å². The van der Waals surface area contributed by atoms with Crippen molar-refractivity contribution in [3.8, 4) is 17.3 Å². The molecular formula is C26H32N6O3SSi. The highest BCUT2D eigenvalue weighted by Gasteiger charge is 2.20. The van der Waals surface area contributed by atoms with Gasteiger partial charge in [0.15, 0.2) is 9.84 Å². The molecule has 37 heavy (non-hydrogen) atoms. The number of hydrogen-bond donors (Lipinski definition) is 0. The predicted molar refractivity (Wildman–Crippen MR) is 145 cm³/mol. The Balaban J connectivity index is 1.61. The molecule has 1 unspecified atom stereocenters. The lowest BCUT2D eigenvalue weighted by Crippen LogP contribution is -2.22. The molecule has 0 aliphatic heterocycles. The fraction of sp³-hybridized carbons (Fsp3) is 0.385. The maximum absolute atomic E-state index is 12.4. The lowest BCUT2D eigenvalue weighted by Gasteiger charge is -2.16. The van der Waals surface area contributed by atoms with Gasteiger partial charge in [0.25, 0.3) is 0 Å². The topological polar surface area (TPSA) is 116 Å². The SMILES string of the molecule is CCS(=O)(=O)c1cccc(C(CC#N)n2cc(-c3ncnc4c3ccn4COCC[Si](C)(C)C)cn2)c1. The molecule has 194 valence electrons. The molecule has 0 saturated carbocycles. The second kappa shape index (κ2) is 11.0. The summed E-state index contributed by atoms with van der Waals surface area (Å²) < 4.78 is 34.4. The average molecular weight is 537 g/mol. The van der Waals surface area contributed by atoms with Crippen LogP contribution in [0, 0.1) is 11.3 Å². The van der Waals surface area contributed by atoms with Gasteiger partial charge in [-0.15, -0.1) is 0 Å². The van der Waals surface area contributed by atoms with Gasteiger partial charge in [-0.05, 0) is 29.8 Å². The minimum absolute atomic E-state index is 0.0119. The van der Waals surface area contributed by atoms with Gasteiger partial charge in [-0.25, -0.2) is 18.4 Å². The molecular weight excluding hydrogens is 504 g/mol. The molecule has 4 rings (SSSR count). The van der Waals surface area contributed by atoms with Crippen LogP contribution in [0.3, 0.4) is 0 Å². The maximum Gasteiger partial charge on any atom is 0.178 e. The number of ether oxygens (including phenoxy) is 1. The third kappa shape index (κ3) is 6.15. The summed E-state index contributed by atoms with van der Waals surface area (Å²) in [6, 6.07) is 11.6. The first-order valence-electron chi connectivity index (χ1n) is 12.2. The van der Waals surface area contributed by atoms with Crippen molar-refractivity contribution in [2.24, 2.45) is 0 Å². The van der Waals surface area contributed by atoms with Crippen molar-refractivity contribution in [3.05, 3.63) is 60.8 Å². The molecule has 1 aromatic carbocycles. The van der Waals surface area contributed by atoms with E-state index in [-0.39, 0.29) is 17.1 Å². The highest BCUT2D eigenvalue weighted by molar-refractivity contribution is 7.91. The van der Waals surface area contributed by atoms with Crippen LogP contribution in [0.4, 0.5) is 0 Å². The Labute approximate surface area is 218 Å². The second-order valence-corrected chi connectivity index (χ2v) is 18.1. The van der Waals surface area contributed by atoms with Crippen molar-refractivity contribution in [2.45, 2.75) is 56.7 Å². The minimum atomic E-state index is -3.37. The first-order valence-corrected chi connectivity index (χ1v) is 17.6. The smallest absolute Gasteiger partial charge is 0.178 e. The molecule has 9 nitrogen and oxygen atoms in total. The number of nitriles is 1. The van der Waals surface area contributed by atoms with E-state index in [9.17, 15) is 13.7 Å². The van der Waals surface area contributed by atoms with E-state index in [1.54, 1.807) is 36.0 Å². The van der Waals surface area contributed by atoms with Crippen LogP contribution in [0.15, 0.2) is 60.1 Å². The van der Waals surface area contributed by atoms with E-state index in [1.165, 1.54) is 6.33 Å². The Morgan fingerprint density at radius 3 is 2.73 bits per heavy atom. The van der Waals surface area contributed by atoms with E-state index in [1.807, 2.05) is 29.1 Å². The summed E-state index contributed by atoms with van der Waals surface area (Å²) >= 11 is 0. The molecule has 0 saturated heterocycles. The van der Waals surface area contributed by atoms with Crippen molar-refractivity contribution in [1.29, 1.82) is 5.26 Å². The fourth-order valence-corrected chi connectivity index (χ4v) is 5.73. The number of fused-ring (bicyclic) bond motifs is 1. The van der Waals surface area contributed by atoms with E-state index in [2.05, 4.69) is 40.8 Å². The van der Waals surface area contributed by atoms with Crippen LogP contribution >= 0.6 is 0 Å². The maximum atomic E-state index is 12.4. The Hall–Kier alpha value is -3.33. The lowest BCUT2D eigenvalue weighted by atomic mass is 10.0. The minimum Gasteiger partial charge on any atom is -0.361 e. The first-order chi connectivity index (χ1) is 17.6. The number of aromatic nitrogens is 5. The summed E-state index contributed by atoms with van der Waals surface area (Å²) in [5.74, 6) is 0.0119. The van der Waals surface area contributed by atoms with Gasteiger partial charge in [-0.2, -0.15) is 10.4 Å². The standard InChI is InChI=1S/C26H32N6O3SSi/c1-5-36(33,34)22-8-6-7-20(15-22)24(9-11-27)32-17-21(16-30-32)25-23-10-12-31(26(23)29-18-28-25)19-35-13-14-37(2,3)4/h6-8,10,12,15-18,24H,5,9,13-14,19H2,1-4H3. The molecule has 4 aromatic rings. The normalized spacial score (nSPS) is 13.1. The number of nitrogens with zero attached hydrogens (tertiary/aromatic N) is 6. The Kier molecular flexibility index (Phi) is 7.92. The van der Waals surface area contributed by atoms with Crippen LogP contribution in [0.5, 0.6) is 0 Å². The van der Waals surface area contributed by atoms with Gasteiger partial charge in [0.05, 0.1) is 41.1 Å². The van der Waals surface area contributed by atoms with Gasteiger partial charge in [0.2, 0.25) is 0 Å². The molecule has 0 amide bonds. The Morgan fingerprint density at radius 1 is 1.19 bits per heavy atom. The first kappa shape index (κ1) is 26.7. The monoisotopic (exact) mass is 536 g/mol. The molecule has 0 radical (unpaired) electrons. The van der Waals surface area contributed by atoms with Crippen molar-refractivity contribution < 1.29 is 13.2 Å². The summed E-state index contributed by atoms with van der Waals surface area (Å²) in [5, 5.41) is 14.9. The Morgan fingerprint density at radius 2 is 2.00 bits per heavy atom. The molecule has 0 aliphatic carbocycles. The number of rotatable bonds is 11. The van der Waals surface area contributed by atoms with Gasteiger partial charge in [0.1, 0.15) is 18.7 Å². The zero-order valence-corrected chi connectivity index (χ0v) is 23.4. The van der Waals surface area contributed by atoms with Crippen LogP contribution in [0.25, 0.3) is 22.3 Å². The van der Waals surface area contributed by atoms with Crippen LogP contribution in [-0.2, 0) is 21.3 Å². The van der Waals surface area contributed by atoms with Gasteiger partial charge >= 0.3 is 0 Å². The van der Waals surface area contributed by atoms with Crippen LogP contribution in [-0.4, -0.2) is 53.2 Å². The highest BCUT2D eigenvalue weighted by Crippen LogP contribution is 2.29. The third-order valence-electron chi connectivity index (χ3n) is 6.24. The molecule has 0 fully saturated rings. The van der Waals surface area contributed by atoms with Crippen molar-refractivity contribution in [2.75, 3.05) is 12.4 Å². The highest BCUT2D eigenvalue weighted by atomic mass is 32.2. The van der Waals surface area contributed by atoms with Crippen molar-refractivity contribution in [1.82, 2.24) is 24.3 Å². The summed E-state index contributed by atoms with van der Waals surface area (Å²) in [6.07, 6.45) is 7.16. The summed E-state index contributed by atoms with van der Waals surface area (Å²) in [6.45, 7) is 9.74. The van der Waals surface area contributed by atoms with E-state index in [0.717, 1.165) is 34.9 Å². The lowest BCUT2D eigenvalue weighted by molar-refractivity contribution is 0.0899. The molecule has 0 N–H and O–H groups in total. The molecule has 11 heteroatoms. The average Bonchev–Trinajstić information content (AvgIpc) is 3.52. The van der Waals surface area contributed by atoms with Crippen LogP contribution in [0.1, 0.15) is 24.9 Å².